The fraction of sp³-hybridized carbons (Fsp3) is 0.692. The van der Waals surface area contributed by atoms with Crippen molar-refractivity contribution in [2.75, 3.05) is 13.2 Å². The average molecular weight is 481 g/mol. The molecule has 0 aliphatic heterocycles. The fourth-order valence-electron chi connectivity index (χ4n) is 3.02. The molecule has 0 spiro atoms. The predicted molar refractivity (Wildman–Crippen MR) is 138 cm³/mol. The van der Waals surface area contributed by atoms with Gasteiger partial charge in [-0.05, 0) is 66.9 Å². The van der Waals surface area contributed by atoms with Gasteiger partial charge in [0.15, 0.2) is 0 Å². The number of hydrogen-bond acceptors (Lipinski definition) is 4. The van der Waals surface area contributed by atoms with Crippen molar-refractivity contribution in [3.63, 3.8) is 0 Å². The summed E-state index contributed by atoms with van der Waals surface area (Å²) in [5.74, 6) is -0.0150. The van der Waals surface area contributed by atoms with Crippen molar-refractivity contribution >= 4 is 23.3 Å². The van der Waals surface area contributed by atoms with E-state index in [1.54, 1.807) is 11.1 Å². The van der Waals surface area contributed by atoms with E-state index in [0.29, 0.717) is 26.2 Å². The summed E-state index contributed by atoms with van der Waals surface area (Å²) in [4.78, 5) is 14.9. The molecule has 7 heteroatoms. The Labute approximate surface area is 203 Å². The van der Waals surface area contributed by atoms with Gasteiger partial charge in [0.25, 0.3) is 0 Å². The van der Waals surface area contributed by atoms with Crippen molar-refractivity contribution < 1.29 is 18.5 Å². The third-order valence-electron chi connectivity index (χ3n) is 5.07. The molecule has 0 N–H and O–H groups in total. The zero-order valence-electron chi connectivity index (χ0n) is 21.8. The van der Waals surface area contributed by atoms with Gasteiger partial charge in [-0.15, -0.1) is 0 Å². The molecule has 1 aromatic carbocycles. The minimum absolute atomic E-state index is 0.0150. The summed E-state index contributed by atoms with van der Waals surface area (Å²) < 4.78 is 27.9. The van der Waals surface area contributed by atoms with Gasteiger partial charge in [-0.2, -0.15) is 4.40 Å². The third kappa shape index (κ3) is 11.8. The van der Waals surface area contributed by atoms with Crippen molar-refractivity contribution in [3.05, 3.63) is 35.9 Å². The van der Waals surface area contributed by atoms with Crippen LogP contribution in [0, 0.1) is 5.92 Å². The number of unbranched alkanes of at least 4 members (excludes halogenated alkanes) is 1. The number of carbonyl (C=O) groups excluding carboxylic acids is 1. The molecule has 1 rings (SSSR count). The highest BCUT2D eigenvalue weighted by molar-refractivity contribution is 7.85. The lowest BCUT2D eigenvalue weighted by atomic mass is 9.97. The Morgan fingerprint density at radius 2 is 1.79 bits per heavy atom. The molecule has 0 unspecified atom stereocenters. The molecule has 0 fully saturated rings. The van der Waals surface area contributed by atoms with Gasteiger partial charge < -0.3 is 14.4 Å². The molecule has 0 aliphatic rings. The van der Waals surface area contributed by atoms with Crippen molar-refractivity contribution in [1.29, 1.82) is 0 Å². The second kappa shape index (κ2) is 13.9. The third-order valence-corrected chi connectivity index (χ3v) is 6.46. The van der Waals surface area contributed by atoms with Crippen molar-refractivity contribution in [3.8, 4) is 0 Å². The van der Waals surface area contributed by atoms with E-state index in [2.05, 4.69) is 11.3 Å². The van der Waals surface area contributed by atoms with Crippen LogP contribution in [0.4, 0.5) is 4.79 Å². The Morgan fingerprint density at radius 3 is 2.33 bits per heavy atom. The minimum atomic E-state index is -1.32. The van der Waals surface area contributed by atoms with Gasteiger partial charge >= 0.3 is 6.09 Å². The quantitative estimate of drug-likeness (QED) is 0.265. The Kier molecular flexibility index (Phi) is 12.3. The number of nitrogens with zero attached hydrogens (tertiary/aromatic N) is 2. The summed E-state index contributed by atoms with van der Waals surface area (Å²) in [5, 5.41) is 0. The monoisotopic (exact) mass is 480 g/mol. The minimum Gasteiger partial charge on any atom is -0.444 e. The van der Waals surface area contributed by atoms with Crippen LogP contribution in [0.3, 0.4) is 0 Å². The second-order valence-corrected chi connectivity index (χ2v) is 12.3. The highest BCUT2D eigenvalue weighted by Gasteiger charge is 2.31. The second-order valence-electron chi connectivity index (χ2n) is 10.4. The van der Waals surface area contributed by atoms with E-state index < -0.39 is 21.3 Å². The molecule has 0 saturated heterocycles. The van der Waals surface area contributed by atoms with Crippen LogP contribution in [0.1, 0.15) is 80.2 Å². The zero-order chi connectivity index (χ0) is 25.1. The number of amides is 1. The van der Waals surface area contributed by atoms with Crippen LogP contribution >= 0.6 is 0 Å². The smallest absolute Gasteiger partial charge is 0.410 e. The summed E-state index contributed by atoms with van der Waals surface area (Å²) >= 11 is 0. The van der Waals surface area contributed by atoms with Crippen molar-refractivity contribution in [2.45, 2.75) is 97.6 Å². The molecular formula is C26H44N2O4S. The predicted octanol–water partition coefficient (Wildman–Crippen LogP) is 6.17. The number of hydrogen-bond donors (Lipinski definition) is 0. The number of rotatable bonds is 12. The lowest BCUT2D eigenvalue weighted by Crippen LogP contribution is -2.46. The fourth-order valence-corrected chi connectivity index (χ4v) is 3.56. The lowest BCUT2D eigenvalue weighted by molar-refractivity contribution is 0.000447. The van der Waals surface area contributed by atoms with E-state index in [0.717, 1.165) is 18.4 Å². The molecule has 0 heterocycles. The number of benzene rings is 1. The molecular weight excluding hydrogens is 436 g/mol. The van der Waals surface area contributed by atoms with Gasteiger partial charge in [0, 0.05) is 31.3 Å². The largest absolute Gasteiger partial charge is 0.444 e. The van der Waals surface area contributed by atoms with Gasteiger partial charge in [0.1, 0.15) is 16.6 Å². The number of ether oxygens (including phenoxy) is 2. The molecule has 0 bridgehead atoms. The van der Waals surface area contributed by atoms with Gasteiger partial charge in [0.2, 0.25) is 0 Å². The van der Waals surface area contributed by atoms with Crippen LogP contribution < -0.4 is 0 Å². The summed E-state index contributed by atoms with van der Waals surface area (Å²) in [5.41, 5.74) is 0.438. The Balaban J connectivity index is 3.10. The molecule has 1 aromatic rings. The van der Waals surface area contributed by atoms with E-state index in [1.165, 1.54) is 0 Å². The maximum absolute atomic E-state index is 13.2. The standard InChI is InChI=1S/C26H44N2O4S/c1-9-10-18-31-20-23(16-17-27-33(30)26(6,7)8)21(2)28(24(29)32-25(3,4)5)19-22-14-12-11-13-15-22/h11-15,17,21,23H,9-10,16,18-20H2,1-8H3/b27-17-/t21-,23+,33-/m1/s1. The van der Waals surface area contributed by atoms with E-state index in [-0.39, 0.29) is 18.1 Å². The van der Waals surface area contributed by atoms with Crippen LogP contribution in [0.5, 0.6) is 0 Å². The van der Waals surface area contributed by atoms with Crippen LogP contribution in [0.2, 0.25) is 0 Å². The summed E-state index contributed by atoms with van der Waals surface area (Å²) in [6.45, 7) is 17.1. The molecule has 3 atom stereocenters. The molecule has 33 heavy (non-hydrogen) atoms. The number of carbonyl (C=O) groups is 1. The molecule has 0 aliphatic carbocycles. The van der Waals surface area contributed by atoms with Crippen LogP contribution in [-0.2, 0) is 27.0 Å². The molecule has 0 aromatic heterocycles. The van der Waals surface area contributed by atoms with Gasteiger partial charge in [-0.25, -0.2) is 9.00 Å². The molecule has 0 saturated carbocycles. The van der Waals surface area contributed by atoms with Gasteiger partial charge in [0.05, 0.1) is 11.4 Å². The maximum atomic E-state index is 13.2. The highest BCUT2D eigenvalue weighted by atomic mass is 32.2. The summed E-state index contributed by atoms with van der Waals surface area (Å²) in [6, 6.07) is 9.73. The first-order chi connectivity index (χ1) is 15.3. The maximum Gasteiger partial charge on any atom is 0.410 e. The lowest BCUT2D eigenvalue weighted by Gasteiger charge is -2.35. The van der Waals surface area contributed by atoms with E-state index in [4.69, 9.17) is 9.47 Å². The molecule has 188 valence electrons. The first-order valence-electron chi connectivity index (χ1n) is 11.9. The Morgan fingerprint density at radius 1 is 1.15 bits per heavy atom. The first-order valence-corrected chi connectivity index (χ1v) is 13.0. The molecule has 1 amide bonds. The molecule has 6 nitrogen and oxygen atoms in total. The normalized spacial score (nSPS) is 15.3. The Hall–Kier alpha value is -1.73. The van der Waals surface area contributed by atoms with Crippen molar-refractivity contribution in [1.82, 2.24) is 4.90 Å². The van der Waals surface area contributed by atoms with Crippen LogP contribution in [0.15, 0.2) is 34.7 Å². The van der Waals surface area contributed by atoms with E-state index in [9.17, 15) is 9.00 Å². The van der Waals surface area contributed by atoms with Crippen LogP contribution in [-0.4, -0.2) is 51.0 Å². The summed E-state index contributed by atoms with van der Waals surface area (Å²) in [7, 11) is -1.32. The Bertz CT molecular complexity index is 754. The van der Waals surface area contributed by atoms with Crippen molar-refractivity contribution in [2.24, 2.45) is 10.3 Å². The molecule has 0 radical (unpaired) electrons. The van der Waals surface area contributed by atoms with Gasteiger partial charge in [-0.3, -0.25) is 0 Å². The van der Waals surface area contributed by atoms with Gasteiger partial charge in [-0.1, -0.05) is 43.7 Å². The topological polar surface area (TPSA) is 68.2 Å². The first kappa shape index (κ1) is 29.3. The van der Waals surface area contributed by atoms with E-state index >= 15 is 0 Å². The average Bonchev–Trinajstić information content (AvgIpc) is 2.71. The highest BCUT2D eigenvalue weighted by Crippen LogP contribution is 2.22. The SMILES string of the molecule is CCCCOC[C@H](C/C=N\[S@](=O)C(C)(C)C)[C@@H](C)N(Cc1ccccc1)C(=O)OC(C)(C)C. The van der Waals surface area contributed by atoms with E-state index in [1.807, 2.05) is 78.8 Å². The van der Waals surface area contributed by atoms with Crippen LogP contribution in [0.25, 0.3) is 0 Å². The summed E-state index contributed by atoms with van der Waals surface area (Å²) in [6.07, 6.45) is 3.98. The zero-order valence-corrected chi connectivity index (χ0v) is 22.6.